The predicted octanol–water partition coefficient (Wildman–Crippen LogP) is 4.31. The van der Waals surface area contributed by atoms with E-state index < -0.39 is 18.1 Å². The van der Waals surface area contributed by atoms with Crippen LogP contribution >= 0.6 is 0 Å². The fraction of sp³-hybridized carbons (Fsp3) is 0.158. The Balaban J connectivity index is 2.01. The molecule has 0 bridgehead atoms. The van der Waals surface area contributed by atoms with E-state index in [1.807, 2.05) is 0 Å². The van der Waals surface area contributed by atoms with Gasteiger partial charge in [-0.1, -0.05) is 6.07 Å². The summed E-state index contributed by atoms with van der Waals surface area (Å²) >= 11 is 0. The van der Waals surface area contributed by atoms with E-state index in [0.29, 0.717) is 16.8 Å². The second-order valence-electron chi connectivity index (χ2n) is 5.94. The maximum atomic E-state index is 12.7. The van der Waals surface area contributed by atoms with Crippen LogP contribution < -0.4 is 10.1 Å². The topological polar surface area (TPSA) is 77.0 Å². The van der Waals surface area contributed by atoms with Gasteiger partial charge in [-0.05, 0) is 49.2 Å². The average Bonchev–Trinajstić information content (AvgIpc) is 2.60. The summed E-state index contributed by atoms with van der Waals surface area (Å²) in [4.78, 5) is 24.4. The number of carbonyl (C=O) groups is 1. The lowest BCUT2D eigenvalue weighted by Crippen LogP contribution is -2.20. The lowest BCUT2D eigenvalue weighted by molar-refractivity contribution is -0.276. The van der Waals surface area contributed by atoms with E-state index in [0.717, 1.165) is 11.6 Å². The Morgan fingerprint density at radius 1 is 1.11 bits per heavy atom. The first-order valence-corrected chi connectivity index (χ1v) is 8.15. The molecule has 6 nitrogen and oxygen atoms in total. The van der Waals surface area contributed by atoms with Crippen molar-refractivity contribution in [3.05, 3.63) is 65.7 Å². The molecule has 0 aliphatic heterocycles. The van der Waals surface area contributed by atoms with Crippen LogP contribution in [-0.2, 0) is 0 Å². The van der Waals surface area contributed by atoms with Gasteiger partial charge in [0.05, 0.1) is 0 Å². The van der Waals surface area contributed by atoms with Crippen LogP contribution in [0.1, 0.15) is 21.7 Å². The van der Waals surface area contributed by atoms with Gasteiger partial charge in [0.15, 0.2) is 0 Å². The zero-order chi connectivity index (χ0) is 20.3. The van der Waals surface area contributed by atoms with Crippen molar-refractivity contribution in [1.82, 2.24) is 15.0 Å². The number of pyridine rings is 3. The molecule has 3 heterocycles. The summed E-state index contributed by atoms with van der Waals surface area (Å²) in [6.07, 6.45) is -1.89. The number of hydrogen-bond acceptors (Lipinski definition) is 5. The van der Waals surface area contributed by atoms with E-state index >= 15 is 0 Å². The minimum absolute atomic E-state index is 0.247. The van der Waals surface area contributed by atoms with E-state index in [1.165, 1.54) is 12.3 Å². The van der Waals surface area contributed by atoms with Crippen LogP contribution in [0.25, 0.3) is 11.1 Å². The van der Waals surface area contributed by atoms with Crippen LogP contribution in [0.5, 0.6) is 5.88 Å². The number of rotatable bonds is 4. The number of alkyl halides is 3. The molecule has 3 rings (SSSR count). The molecule has 0 atom stereocenters. The molecule has 1 N–H and O–H groups in total. The Kier molecular flexibility index (Phi) is 5.25. The van der Waals surface area contributed by atoms with Crippen molar-refractivity contribution in [3.8, 4) is 17.0 Å². The SMILES string of the molecule is Cc1cccc(NC(=O)c2cc(-c3cnccc3C)cc(OC(F)(F)F)n2)n1. The number of ether oxygens (including phenoxy) is 1. The van der Waals surface area contributed by atoms with Gasteiger partial charge in [-0.15, -0.1) is 13.2 Å². The number of nitrogens with zero attached hydrogens (tertiary/aromatic N) is 3. The van der Waals surface area contributed by atoms with Crippen LogP contribution in [0, 0.1) is 13.8 Å². The molecule has 0 fully saturated rings. The number of aryl methyl sites for hydroxylation is 2. The molecule has 9 heteroatoms. The maximum Gasteiger partial charge on any atom is 0.574 e. The van der Waals surface area contributed by atoms with Crippen LogP contribution in [0.3, 0.4) is 0 Å². The Labute approximate surface area is 158 Å². The lowest BCUT2D eigenvalue weighted by atomic mass is 10.0. The first-order chi connectivity index (χ1) is 13.2. The number of halogens is 3. The Bertz CT molecular complexity index is 1020. The predicted molar refractivity (Wildman–Crippen MR) is 95.8 cm³/mol. The first-order valence-electron chi connectivity index (χ1n) is 8.15. The Morgan fingerprint density at radius 3 is 2.57 bits per heavy atom. The monoisotopic (exact) mass is 388 g/mol. The number of carbonyl (C=O) groups excluding carboxylic acids is 1. The highest BCUT2D eigenvalue weighted by Gasteiger charge is 2.32. The fourth-order valence-corrected chi connectivity index (χ4v) is 2.51. The summed E-state index contributed by atoms with van der Waals surface area (Å²) < 4.78 is 42.0. The molecule has 0 spiro atoms. The Morgan fingerprint density at radius 2 is 1.89 bits per heavy atom. The van der Waals surface area contributed by atoms with E-state index in [1.54, 1.807) is 44.3 Å². The van der Waals surface area contributed by atoms with E-state index in [-0.39, 0.29) is 11.5 Å². The third-order valence-corrected chi connectivity index (χ3v) is 3.73. The Hall–Kier alpha value is -3.49. The van der Waals surface area contributed by atoms with Crippen molar-refractivity contribution in [1.29, 1.82) is 0 Å². The largest absolute Gasteiger partial charge is 0.574 e. The fourth-order valence-electron chi connectivity index (χ4n) is 2.51. The van der Waals surface area contributed by atoms with Gasteiger partial charge in [-0.2, -0.15) is 0 Å². The van der Waals surface area contributed by atoms with Gasteiger partial charge in [0.2, 0.25) is 5.88 Å². The molecule has 3 aromatic heterocycles. The molecule has 0 aliphatic rings. The highest BCUT2D eigenvalue weighted by molar-refractivity contribution is 6.03. The van der Waals surface area contributed by atoms with Gasteiger partial charge in [0.25, 0.3) is 5.91 Å². The van der Waals surface area contributed by atoms with Crippen LogP contribution in [0.2, 0.25) is 0 Å². The highest BCUT2D eigenvalue weighted by Crippen LogP contribution is 2.29. The van der Waals surface area contributed by atoms with E-state index in [4.69, 9.17) is 0 Å². The number of amides is 1. The molecule has 0 saturated carbocycles. The van der Waals surface area contributed by atoms with Crippen molar-refractivity contribution in [2.45, 2.75) is 20.2 Å². The smallest absolute Gasteiger partial charge is 0.388 e. The van der Waals surface area contributed by atoms with Crippen molar-refractivity contribution in [2.24, 2.45) is 0 Å². The second-order valence-corrected chi connectivity index (χ2v) is 5.94. The van der Waals surface area contributed by atoms with Crippen molar-refractivity contribution < 1.29 is 22.7 Å². The summed E-state index contributed by atoms with van der Waals surface area (Å²) in [6.45, 7) is 3.52. The van der Waals surface area contributed by atoms with Gasteiger partial charge in [-0.25, -0.2) is 9.97 Å². The molecule has 0 unspecified atom stereocenters. The van der Waals surface area contributed by atoms with Gasteiger partial charge < -0.3 is 10.1 Å². The highest BCUT2D eigenvalue weighted by atomic mass is 19.4. The lowest BCUT2D eigenvalue weighted by Gasteiger charge is -2.13. The third kappa shape index (κ3) is 4.81. The zero-order valence-electron chi connectivity index (χ0n) is 14.9. The minimum atomic E-state index is -4.94. The standard InChI is InChI=1S/C19H15F3N4O2/c1-11-6-7-23-10-14(11)13-8-15(25-17(9-13)28-19(20,21)22)18(27)26-16-5-3-4-12(2)24-16/h3-10H,1-2H3,(H,24,26,27). The molecule has 0 aliphatic carbocycles. The van der Waals surface area contributed by atoms with Gasteiger partial charge >= 0.3 is 6.36 Å². The molecule has 28 heavy (non-hydrogen) atoms. The molecule has 3 aromatic rings. The summed E-state index contributed by atoms with van der Waals surface area (Å²) in [7, 11) is 0. The molecular weight excluding hydrogens is 373 g/mol. The van der Waals surface area contributed by atoms with E-state index in [2.05, 4.69) is 25.0 Å². The molecule has 0 aromatic carbocycles. The average molecular weight is 388 g/mol. The quantitative estimate of drug-likeness (QED) is 0.721. The summed E-state index contributed by atoms with van der Waals surface area (Å²) in [5.74, 6) is -1.20. The van der Waals surface area contributed by atoms with Crippen LogP contribution in [-0.4, -0.2) is 27.2 Å². The third-order valence-electron chi connectivity index (χ3n) is 3.73. The molecule has 0 saturated heterocycles. The normalized spacial score (nSPS) is 11.2. The second kappa shape index (κ2) is 7.63. The summed E-state index contributed by atoms with van der Waals surface area (Å²) in [6, 6.07) is 9.19. The van der Waals surface area contributed by atoms with Gasteiger partial charge in [0.1, 0.15) is 11.5 Å². The molecular formula is C19H15F3N4O2. The maximum absolute atomic E-state index is 12.7. The number of nitrogens with one attached hydrogen (secondary N) is 1. The van der Waals surface area contributed by atoms with Crippen LogP contribution in [0.4, 0.5) is 19.0 Å². The summed E-state index contributed by atoms with van der Waals surface area (Å²) in [5.41, 5.74) is 2.07. The van der Waals surface area contributed by atoms with Crippen molar-refractivity contribution in [2.75, 3.05) is 5.32 Å². The number of hydrogen-bond donors (Lipinski definition) is 1. The van der Waals surface area contributed by atoms with Crippen molar-refractivity contribution in [3.63, 3.8) is 0 Å². The first kappa shape index (κ1) is 19.3. The van der Waals surface area contributed by atoms with Crippen molar-refractivity contribution >= 4 is 11.7 Å². The van der Waals surface area contributed by atoms with Crippen LogP contribution in [0.15, 0.2) is 48.8 Å². The van der Waals surface area contributed by atoms with E-state index in [9.17, 15) is 18.0 Å². The zero-order valence-corrected chi connectivity index (χ0v) is 14.9. The molecule has 0 radical (unpaired) electrons. The molecule has 1 amide bonds. The minimum Gasteiger partial charge on any atom is -0.388 e. The van der Waals surface area contributed by atoms with Gasteiger partial charge in [-0.3, -0.25) is 9.78 Å². The van der Waals surface area contributed by atoms with Gasteiger partial charge in [0, 0.05) is 29.7 Å². The number of aromatic nitrogens is 3. The number of anilines is 1. The molecule has 144 valence electrons. The summed E-state index contributed by atoms with van der Waals surface area (Å²) in [5, 5.41) is 2.52.